The van der Waals surface area contributed by atoms with Crippen LogP contribution in [0.5, 0.6) is 0 Å². The summed E-state index contributed by atoms with van der Waals surface area (Å²) in [5.74, 6) is 0.331. The van der Waals surface area contributed by atoms with Crippen LogP contribution in [0.1, 0.15) is 29.0 Å². The van der Waals surface area contributed by atoms with Crippen molar-refractivity contribution in [2.24, 2.45) is 0 Å². The minimum Gasteiger partial charge on any atom is -0.373 e. The number of halogens is 1. The lowest BCUT2D eigenvalue weighted by molar-refractivity contribution is 0.0939. The van der Waals surface area contributed by atoms with Crippen molar-refractivity contribution in [1.82, 2.24) is 15.3 Å². The van der Waals surface area contributed by atoms with Gasteiger partial charge in [-0.1, -0.05) is 17.7 Å². The zero-order valence-corrected chi connectivity index (χ0v) is 12.0. The lowest BCUT2D eigenvalue weighted by Crippen LogP contribution is -2.27. The molecule has 0 aliphatic heterocycles. The van der Waals surface area contributed by atoms with E-state index < -0.39 is 0 Å². The molecule has 2 rings (SSSR count). The molecular formula is C14H15ClN4O. The number of hydrogen-bond acceptors (Lipinski definition) is 4. The standard InChI is InChI=1S/C14H15ClN4O/c1-9(11-5-3-4-6-17-11)18-14(20)10-7-12(15)19-13(8-10)16-2/h3-9H,1-2H3,(H,16,19)(H,18,20). The second-order valence-corrected chi connectivity index (χ2v) is 4.65. The van der Waals surface area contributed by atoms with E-state index in [4.69, 9.17) is 11.6 Å². The first-order valence-corrected chi connectivity index (χ1v) is 6.55. The number of aromatic nitrogens is 2. The first-order chi connectivity index (χ1) is 9.60. The fourth-order valence-corrected chi connectivity index (χ4v) is 1.95. The SMILES string of the molecule is CNc1cc(C(=O)NC(C)c2ccccn2)cc(Cl)n1. The number of amides is 1. The molecule has 2 heterocycles. The Morgan fingerprint density at radius 2 is 2.15 bits per heavy atom. The van der Waals surface area contributed by atoms with Gasteiger partial charge in [-0.25, -0.2) is 4.98 Å². The van der Waals surface area contributed by atoms with Crippen LogP contribution in [0.25, 0.3) is 0 Å². The van der Waals surface area contributed by atoms with E-state index in [1.807, 2.05) is 25.1 Å². The molecule has 6 heteroatoms. The van der Waals surface area contributed by atoms with Crippen molar-refractivity contribution in [3.05, 3.63) is 52.9 Å². The predicted molar refractivity (Wildman–Crippen MR) is 78.9 cm³/mol. The van der Waals surface area contributed by atoms with E-state index in [2.05, 4.69) is 20.6 Å². The van der Waals surface area contributed by atoms with Gasteiger partial charge in [-0.15, -0.1) is 0 Å². The molecule has 1 amide bonds. The minimum atomic E-state index is -0.219. The number of nitrogens with one attached hydrogen (secondary N) is 2. The van der Waals surface area contributed by atoms with Crippen molar-refractivity contribution in [2.75, 3.05) is 12.4 Å². The molecule has 0 fully saturated rings. The topological polar surface area (TPSA) is 66.9 Å². The van der Waals surface area contributed by atoms with Crippen LogP contribution in [-0.4, -0.2) is 22.9 Å². The van der Waals surface area contributed by atoms with Gasteiger partial charge in [0.15, 0.2) is 0 Å². The molecule has 2 aromatic rings. The Morgan fingerprint density at radius 1 is 1.35 bits per heavy atom. The Balaban J connectivity index is 2.14. The Morgan fingerprint density at radius 3 is 2.80 bits per heavy atom. The van der Waals surface area contributed by atoms with Crippen LogP contribution in [-0.2, 0) is 0 Å². The zero-order valence-electron chi connectivity index (χ0n) is 11.2. The molecule has 0 saturated heterocycles. The molecule has 5 nitrogen and oxygen atoms in total. The van der Waals surface area contributed by atoms with E-state index in [0.717, 1.165) is 5.69 Å². The number of carbonyl (C=O) groups excluding carboxylic acids is 1. The normalized spacial score (nSPS) is 11.8. The monoisotopic (exact) mass is 290 g/mol. The highest BCUT2D eigenvalue weighted by molar-refractivity contribution is 6.29. The Hall–Kier alpha value is -2.14. The van der Waals surface area contributed by atoms with Crippen LogP contribution in [0, 0.1) is 0 Å². The number of hydrogen-bond donors (Lipinski definition) is 2. The van der Waals surface area contributed by atoms with E-state index in [0.29, 0.717) is 11.4 Å². The molecule has 0 radical (unpaired) electrons. The molecule has 1 atom stereocenters. The smallest absolute Gasteiger partial charge is 0.252 e. The van der Waals surface area contributed by atoms with Crippen LogP contribution in [0.15, 0.2) is 36.5 Å². The average Bonchev–Trinajstić information content (AvgIpc) is 2.47. The molecule has 2 N–H and O–H groups in total. The summed E-state index contributed by atoms with van der Waals surface area (Å²) in [6.07, 6.45) is 1.69. The zero-order chi connectivity index (χ0) is 14.5. The Kier molecular flexibility index (Phi) is 4.53. The van der Waals surface area contributed by atoms with E-state index >= 15 is 0 Å². The van der Waals surface area contributed by atoms with Gasteiger partial charge in [0.2, 0.25) is 0 Å². The Bertz CT molecular complexity index is 603. The number of carbonyl (C=O) groups is 1. The third kappa shape index (κ3) is 3.45. The molecular weight excluding hydrogens is 276 g/mol. The molecule has 1 unspecified atom stereocenters. The highest BCUT2D eigenvalue weighted by atomic mass is 35.5. The summed E-state index contributed by atoms with van der Waals surface area (Å²) >= 11 is 5.88. The molecule has 104 valence electrons. The lowest BCUT2D eigenvalue weighted by Gasteiger charge is -2.13. The van der Waals surface area contributed by atoms with Gasteiger partial charge >= 0.3 is 0 Å². The molecule has 0 spiro atoms. The average molecular weight is 291 g/mol. The fourth-order valence-electron chi connectivity index (χ4n) is 1.74. The first-order valence-electron chi connectivity index (χ1n) is 6.17. The molecule has 0 bridgehead atoms. The maximum absolute atomic E-state index is 12.2. The van der Waals surface area contributed by atoms with Crippen molar-refractivity contribution in [2.45, 2.75) is 13.0 Å². The highest BCUT2D eigenvalue weighted by Gasteiger charge is 2.13. The van der Waals surface area contributed by atoms with Crippen LogP contribution in [0.4, 0.5) is 5.82 Å². The summed E-state index contributed by atoms with van der Waals surface area (Å²) in [6.45, 7) is 1.88. The maximum Gasteiger partial charge on any atom is 0.252 e. The Labute approximate surface area is 122 Å². The minimum absolute atomic E-state index is 0.186. The number of anilines is 1. The fraction of sp³-hybridized carbons (Fsp3) is 0.214. The predicted octanol–water partition coefficient (Wildman–Crippen LogP) is 2.66. The van der Waals surface area contributed by atoms with Gasteiger partial charge in [0.25, 0.3) is 5.91 Å². The van der Waals surface area contributed by atoms with Crippen molar-refractivity contribution in [1.29, 1.82) is 0 Å². The number of nitrogens with zero attached hydrogens (tertiary/aromatic N) is 2. The van der Waals surface area contributed by atoms with Gasteiger partial charge in [0.05, 0.1) is 11.7 Å². The van der Waals surface area contributed by atoms with Gasteiger partial charge in [-0.3, -0.25) is 9.78 Å². The van der Waals surface area contributed by atoms with E-state index in [1.54, 1.807) is 19.3 Å². The molecule has 0 aromatic carbocycles. The van der Waals surface area contributed by atoms with Crippen molar-refractivity contribution < 1.29 is 4.79 Å². The summed E-state index contributed by atoms with van der Waals surface area (Å²) in [6, 6.07) is 8.57. The largest absolute Gasteiger partial charge is 0.373 e. The molecule has 2 aromatic heterocycles. The molecule has 0 saturated carbocycles. The first kappa shape index (κ1) is 14.3. The van der Waals surface area contributed by atoms with Crippen LogP contribution < -0.4 is 10.6 Å². The maximum atomic E-state index is 12.2. The van der Waals surface area contributed by atoms with E-state index in [-0.39, 0.29) is 17.1 Å². The summed E-state index contributed by atoms with van der Waals surface area (Å²) < 4.78 is 0. The van der Waals surface area contributed by atoms with Crippen molar-refractivity contribution in [3.8, 4) is 0 Å². The lowest BCUT2D eigenvalue weighted by atomic mass is 10.2. The molecule has 0 aliphatic carbocycles. The third-order valence-corrected chi connectivity index (χ3v) is 2.99. The summed E-state index contributed by atoms with van der Waals surface area (Å²) in [5.41, 5.74) is 1.26. The molecule has 20 heavy (non-hydrogen) atoms. The second-order valence-electron chi connectivity index (χ2n) is 4.26. The van der Waals surface area contributed by atoms with Gasteiger partial charge in [0, 0.05) is 18.8 Å². The summed E-state index contributed by atoms with van der Waals surface area (Å²) in [7, 11) is 1.72. The summed E-state index contributed by atoms with van der Waals surface area (Å²) in [4.78, 5) is 20.4. The van der Waals surface area contributed by atoms with Crippen molar-refractivity contribution in [3.63, 3.8) is 0 Å². The van der Waals surface area contributed by atoms with E-state index in [9.17, 15) is 4.79 Å². The van der Waals surface area contributed by atoms with Gasteiger partial charge in [0.1, 0.15) is 11.0 Å². The highest BCUT2D eigenvalue weighted by Crippen LogP contribution is 2.15. The number of rotatable bonds is 4. The van der Waals surface area contributed by atoms with Gasteiger partial charge in [-0.2, -0.15) is 0 Å². The summed E-state index contributed by atoms with van der Waals surface area (Å²) in [5, 5.41) is 6.01. The van der Waals surface area contributed by atoms with Crippen molar-refractivity contribution >= 4 is 23.3 Å². The van der Waals surface area contributed by atoms with Gasteiger partial charge < -0.3 is 10.6 Å². The third-order valence-electron chi connectivity index (χ3n) is 2.79. The van der Waals surface area contributed by atoms with E-state index in [1.165, 1.54) is 6.07 Å². The van der Waals surface area contributed by atoms with Crippen LogP contribution in [0.2, 0.25) is 5.15 Å². The number of pyridine rings is 2. The second kappa shape index (κ2) is 6.34. The quantitative estimate of drug-likeness (QED) is 0.850. The molecule has 0 aliphatic rings. The van der Waals surface area contributed by atoms with Gasteiger partial charge in [-0.05, 0) is 31.2 Å². The van der Waals surface area contributed by atoms with Crippen LogP contribution in [0.3, 0.4) is 0 Å². The van der Waals surface area contributed by atoms with Crippen LogP contribution >= 0.6 is 11.6 Å².